The molecule has 3 rings (SSSR count). The summed E-state index contributed by atoms with van der Waals surface area (Å²) in [5.41, 5.74) is 4.55. The number of hydrogen-bond donors (Lipinski definition) is 1. The molecule has 31 heavy (non-hydrogen) atoms. The molecule has 3 aromatic carbocycles. The first kappa shape index (κ1) is 22.9. The minimum Gasteiger partial charge on any atom is -0.508 e. The molecule has 0 aliphatic carbocycles. The molecule has 0 saturated heterocycles. The lowest BCUT2D eigenvalue weighted by Crippen LogP contribution is -2.31. The highest BCUT2D eigenvalue weighted by Gasteiger charge is 2.15. The molecule has 0 aromatic heterocycles. The summed E-state index contributed by atoms with van der Waals surface area (Å²) >= 11 is 1.66. The second-order valence-electron chi connectivity index (χ2n) is 7.41. The number of phenolic OH excluding ortho intramolecular Hbond substituents is 1. The van der Waals surface area contributed by atoms with Crippen LogP contribution in [0, 0.1) is 6.92 Å². The lowest BCUT2D eigenvalue weighted by atomic mass is 10.1. The fourth-order valence-corrected chi connectivity index (χ4v) is 4.01. The van der Waals surface area contributed by atoms with E-state index in [1.165, 1.54) is 11.1 Å². The molecule has 0 amide bonds. The third kappa shape index (κ3) is 7.16. The lowest BCUT2D eigenvalue weighted by Gasteiger charge is -2.26. The van der Waals surface area contributed by atoms with Crippen molar-refractivity contribution in [3.8, 4) is 5.75 Å². The molecule has 0 heterocycles. The Morgan fingerprint density at radius 1 is 1.00 bits per heavy atom. The van der Waals surface area contributed by atoms with Gasteiger partial charge in [0.15, 0.2) is 5.17 Å². The Labute approximate surface area is 189 Å². The summed E-state index contributed by atoms with van der Waals surface area (Å²) < 4.78 is 5.39. The molecular weight excluding hydrogens is 404 g/mol. The maximum Gasteiger partial charge on any atom is 0.169 e. The predicted octanol–water partition coefficient (Wildman–Crippen LogP) is 6.19. The number of aromatic hydroxyl groups is 1. The number of hydrogen-bond acceptors (Lipinski definition) is 4. The zero-order chi connectivity index (χ0) is 22.1. The molecule has 0 atom stereocenters. The fraction of sp³-hybridized carbons (Fsp3) is 0.269. The summed E-state index contributed by atoms with van der Waals surface area (Å²) in [6.45, 7) is 6.23. The normalized spacial score (nSPS) is 11.5. The standard InChI is InChI=1S/C26H30N2O2S/c1-4-21-6-5-7-23(18-21)27-26(31-25-14-8-20(2)9-15-25)28(16-17-30-3)19-22-10-12-24(29)13-11-22/h5-15,18,29H,4,16-17,19H2,1-3H3. The molecule has 0 fully saturated rings. The van der Waals surface area contributed by atoms with Crippen LogP contribution in [0.4, 0.5) is 5.69 Å². The van der Waals surface area contributed by atoms with Crippen LogP contribution in [0.3, 0.4) is 0 Å². The number of rotatable bonds is 8. The number of nitrogens with zero attached hydrogens (tertiary/aromatic N) is 2. The van der Waals surface area contributed by atoms with Gasteiger partial charge in [-0.1, -0.05) is 60.6 Å². The van der Waals surface area contributed by atoms with Crippen molar-refractivity contribution in [2.24, 2.45) is 4.99 Å². The summed E-state index contributed by atoms with van der Waals surface area (Å²) in [6, 6.07) is 24.2. The highest BCUT2D eigenvalue weighted by Crippen LogP contribution is 2.27. The van der Waals surface area contributed by atoms with E-state index >= 15 is 0 Å². The van der Waals surface area contributed by atoms with Crippen molar-refractivity contribution in [3.63, 3.8) is 0 Å². The van der Waals surface area contributed by atoms with Crippen LogP contribution >= 0.6 is 11.8 Å². The molecule has 0 aliphatic rings. The van der Waals surface area contributed by atoms with E-state index in [1.54, 1.807) is 31.0 Å². The third-order valence-electron chi connectivity index (χ3n) is 4.92. The number of benzene rings is 3. The second kappa shape index (κ2) is 11.6. The highest BCUT2D eigenvalue weighted by molar-refractivity contribution is 8.13. The van der Waals surface area contributed by atoms with Crippen LogP contribution in [0.25, 0.3) is 0 Å². The van der Waals surface area contributed by atoms with Gasteiger partial charge in [-0.3, -0.25) is 0 Å². The number of methoxy groups -OCH3 is 1. The van der Waals surface area contributed by atoms with Gasteiger partial charge in [0.2, 0.25) is 0 Å². The van der Waals surface area contributed by atoms with E-state index in [0.717, 1.165) is 27.7 Å². The SMILES string of the molecule is CCc1cccc(N=C(Sc2ccc(C)cc2)N(CCOC)Cc2ccc(O)cc2)c1. The second-order valence-corrected chi connectivity index (χ2v) is 8.45. The number of aryl methyl sites for hydroxylation is 2. The molecule has 0 unspecified atom stereocenters. The average molecular weight is 435 g/mol. The van der Waals surface area contributed by atoms with Crippen LogP contribution < -0.4 is 0 Å². The van der Waals surface area contributed by atoms with E-state index in [4.69, 9.17) is 9.73 Å². The van der Waals surface area contributed by atoms with Gasteiger partial charge < -0.3 is 14.7 Å². The van der Waals surface area contributed by atoms with Gasteiger partial charge >= 0.3 is 0 Å². The quantitative estimate of drug-likeness (QED) is 0.261. The van der Waals surface area contributed by atoms with E-state index in [9.17, 15) is 5.11 Å². The molecular formula is C26H30N2O2S. The topological polar surface area (TPSA) is 45.1 Å². The van der Waals surface area contributed by atoms with Gasteiger partial charge in [0.05, 0.1) is 12.3 Å². The van der Waals surface area contributed by atoms with Crippen molar-refractivity contribution in [1.29, 1.82) is 0 Å². The number of amidine groups is 1. The van der Waals surface area contributed by atoms with Crippen molar-refractivity contribution in [3.05, 3.63) is 89.5 Å². The summed E-state index contributed by atoms with van der Waals surface area (Å²) in [5, 5.41) is 10.6. The minimum absolute atomic E-state index is 0.270. The van der Waals surface area contributed by atoms with Crippen molar-refractivity contribution < 1.29 is 9.84 Å². The molecule has 162 valence electrons. The summed E-state index contributed by atoms with van der Waals surface area (Å²) in [6.07, 6.45) is 0.977. The van der Waals surface area contributed by atoms with Crippen molar-refractivity contribution in [2.45, 2.75) is 31.7 Å². The smallest absolute Gasteiger partial charge is 0.169 e. The van der Waals surface area contributed by atoms with E-state index in [1.807, 2.05) is 18.2 Å². The van der Waals surface area contributed by atoms with E-state index < -0.39 is 0 Å². The van der Waals surface area contributed by atoms with Crippen LogP contribution in [-0.2, 0) is 17.7 Å². The summed E-state index contributed by atoms with van der Waals surface area (Å²) in [5.74, 6) is 0.270. The first-order chi connectivity index (χ1) is 15.1. The number of phenols is 1. The third-order valence-corrected chi connectivity index (χ3v) is 5.96. The van der Waals surface area contributed by atoms with Crippen LogP contribution in [-0.4, -0.2) is 35.4 Å². The zero-order valence-electron chi connectivity index (χ0n) is 18.4. The Morgan fingerprint density at radius 2 is 1.74 bits per heavy atom. The van der Waals surface area contributed by atoms with Crippen LogP contribution in [0.2, 0.25) is 0 Å². The van der Waals surface area contributed by atoms with Gasteiger partial charge in [-0.05, 0) is 60.9 Å². The number of aliphatic imine (C=N–C) groups is 1. The molecule has 0 bridgehead atoms. The molecule has 0 saturated carbocycles. The van der Waals surface area contributed by atoms with Gasteiger partial charge in [0.1, 0.15) is 5.75 Å². The van der Waals surface area contributed by atoms with Gasteiger partial charge in [-0.15, -0.1) is 0 Å². The maximum absolute atomic E-state index is 9.64. The molecule has 1 N–H and O–H groups in total. The Morgan fingerprint density at radius 3 is 2.42 bits per heavy atom. The molecule has 4 nitrogen and oxygen atoms in total. The van der Waals surface area contributed by atoms with E-state index in [-0.39, 0.29) is 5.75 Å². The average Bonchev–Trinajstić information content (AvgIpc) is 2.79. The van der Waals surface area contributed by atoms with E-state index in [0.29, 0.717) is 19.7 Å². The van der Waals surface area contributed by atoms with Gasteiger partial charge in [-0.2, -0.15) is 0 Å². The first-order valence-electron chi connectivity index (χ1n) is 10.5. The minimum atomic E-state index is 0.270. The van der Waals surface area contributed by atoms with Crippen LogP contribution in [0.15, 0.2) is 82.7 Å². The Balaban J connectivity index is 1.97. The Kier molecular flexibility index (Phi) is 8.56. The molecule has 0 aliphatic heterocycles. The Hall–Kier alpha value is -2.76. The van der Waals surface area contributed by atoms with Crippen molar-refractivity contribution in [1.82, 2.24) is 4.90 Å². The summed E-state index contributed by atoms with van der Waals surface area (Å²) in [7, 11) is 1.72. The lowest BCUT2D eigenvalue weighted by molar-refractivity contribution is 0.175. The van der Waals surface area contributed by atoms with Crippen LogP contribution in [0.5, 0.6) is 5.75 Å². The van der Waals surface area contributed by atoms with Crippen molar-refractivity contribution in [2.75, 3.05) is 20.3 Å². The highest BCUT2D eigenvalue weighted by atomic mass is 32.2. The molecule has 0 spiro atoms. The zero-order valence-corrected chi connectivity index (χ0v) is 19.2. The monoisotopic (exact) mass is 434 g/mol. The number of thioether (sulfide) groups is 1. The fourth-order valence-electron chi connectivity index (χ4n) is 3.09. The Bertz CT molecular complexity index is 985. The van der Waals surface area contributed by atoms with Crippen molar-refractivity contribution >= 4 is 22.6 Å². The number of ether oxygens (including phenoxy) is 1. The maximum atomic E-state index is 9.64. The van der Waals surface area contributed by atoms with Gasteiger partial charge in [0, 0.05) is 25.1 Å². The van der Waals surface area contributed by atoms with Gasteiger partial charge in [0.25, 0.3) is 0 Å². The van der Waals surface area contributed by atoms with Crippen LogP contribution in [0.1, 0.15) is 23.6 Å². The summed E-state index contributed by atoms with van der Waals surface area (Å²) in [4.78, 5) is 8.43. The molecule has 0 radical (unpaired) electrons. The largest absolute Gasteiger partial charge is 0.508 e. The molecule has 3 aromatic rings. The molecule has 5 heteroatoms. The van der Waals surface area contributed by atoms with E-state index in [2.05, 4.69) is 61.2 Å². The first-order valence-corrected chi connectivity index (χ1v) is 11.3. The predicted molar refractivity (Wildman–Crippen MR) is 130 cm³/mol. The van der Waals surface area contributed by atoms with Gasteiger partial charge in [-0.25, -0.2) is 4.99 Å².